The number of aliphatic carboxylic acids is 1. The van der Waals surface area contributed by atoms with Crippen LogP contribution in [0.4, 0.5) is 0 Å². The molecule has 0 bridgehead atoms. The van der Waals surface area contributed by atoms with Crippen molar-refractivity contribution in [3.05, 3.63) is 23.2 Å². The van der Waals surface area contributed by atoms with Gasteiger partial charge in [-0.25, -0.2) is 4.98 Å². The Morgan fingerprint density at radius 1 is 1.57 bits per heavy atom. The summed E-state index contributed by atoms with van der Waals surface area (Å²) in [6.07, 6.45) is 0.854. The molecule has 7 heteroatoms. The number of nitrogens with zero attached hydrogens (tertiary/aromatic N) is 2. The number of rotatable bonds is 7. The molecule has 0 amide bonds. The van der Waals surface area contributed by atoms with E-state index in [0.29, 0.717) is 22.3 Å². The SMILES string of the molecule is CCC(COC)n1c(SCC(=O)O)nc2c(Cl)cccc21. The fourth-order valence-electron chi connectivity index (χ4n) is 2.21. The van der Waals surface area contributed by atoms with E-state index in [1.807, 2.05) is 16.7 Å². The largest absolute Gasteiger partial charge is 0.481 e. The smallest absolute Gasteiger partial charge is 0.313 e. The monoisotopic (exact) mass is 328 g/mol. The average Bonchev–Trinajstić information content (AvgIpc) is 2.82. The van der Waals surface area contributed by atoms with Gasteiger partial charge in [0.15, 0.2) is 5.16 Å². The van der Waals surface area contributed by atoms with E-state index >= 15 is 0 Å². The molecule has 2 rings (SSSR count). The number of fused-ring (bicyclic) bond motifs is 1. The van der Waals surface area contributed by atoms with E-state index in [1.54, 1.807) is 13.2 Å². The van der Waals surface area contributed by atoms with Crippen molar-refractivity contribution in [2.75, 3.05) is 19.5 Å². The Balaban J connectivity index is 2.53. The van der Waals surface area contributed by atoms with Crippen LogP contribution >= 0.6 is 23.4 Å². The lowest BCUT2D eigenvalue weighted by atomic mass is 10.2. The second kappa shape index (κ2) is 7.15. The molecule has 1 aromatic heterocycles. The summed E-state index contributed by atoms with van der Waals surface area (Å²) in [5, 5.41) is 10.1. The molecule has 1 atom stereocenters. The highest BCUT2D eigenvalue weighted by Crippen LogP contribution is 2.32. The van der Waals surface area contributed by atoms with Crippen LogP contribution < -0.4 is 0 Å². The number of methoxy groups -OCH3 is 1. The zero-order chi connectivity index (χ0) is 15.4. The highest BCUT2D eigenvalue weighted by molar-refractivity contribution is 7.99. The summed E-state index contributed by atoms with van der Waals surface area (Å²) < 4.78 is 7.30. The van der Waals surface area contributed by atoms with Crippen molar-refractivity contribution in [2.45, 2.75) is 24.5 Å². The summed E-state index contributed by atoms with van der Waals surface area (Å²) in [6.45, 7) is 2.60. The predicted octanol–water partition coefficient (Wildman–Crippen LogP) is 3.46. The van der Waals surface area contributed by atoms with Crippen LogP contribution in [0.15, 0.2) is 23.4 Å². The molecule has 114 valence electrons. The van der Waals surface area contributed by atoms with Gasteiger partial charge in [0, 0.05) is 7.11 Å². The summed E-state index contributed by atoms with van der Waals surface area (Å²) in [6, 6.07) is 5.69. The van der Waals surface area contributed by atoms with Gasteiger partial charge in [-0.15, -0.1) is 0 Å². The molecule has 0 aliphatic carbocycles. The maximum Gasteiger partial charge on any atom is 0.313 e. The quantitative estimate of drug-likeness (QED) is 0.788. The molecule has 1 unspecified atom stereocenters. The number of ether oxygens (including phenoxy) is 1. The number of imidazole rings is 1. The fourth-order valence-corrected chi connectivity index (χ4v) is 3.22. The van der Waals surface area contributed by atoms with Gasteiger partial charge in [-0.1, -0.05) is 36.4 Å². The van der Waals surface area contributed by atoms with E-state index in [-0.39, 0.29) is 11.8 Å². The van der Waals surface area contributed by atoms with Gasteiger partial charge < -0.3 is 14.4 Å². The average molecular weight is 329 g/mol. The van der Waals surface area contributed by atoms with E-state index in [9.17, 15) is 4.79 Å². The second-order valence-corrected chi connectivity index (χ2v) is 5.92. The van der Waals surface area contributed by atoms with E-state index < -0.39 is 5.97 Å². The van der Waals surface area contributed by atoms with Gasteiger partial charge in [0.25, 0.3) is 0 Å². The number of thioether (sulfide) groups is 1. The summed E-state index contributed by atoms with van der Waals surface area (Å²) in [7, 11) is 1.65. The second-order valence-electron chi connectivity index (χ2n) is 4.57. The lowest BCUT2D eigenvalue weighted by Crippen LogP contribution is -2.15. The fraction of sp³-hybridized carbons (Fsp3) is 0.429. The number of carboxylic acids is 1. The number of para-hydroxylation sites is 1. The van der Waals surface area contributed by atoms with Gasteiger partial charge in [0.1, 0.15) is 5.52 Å². The van der Waals surface area contributed by atoms with Crippen molar-refractivity contribution < 1.29 is 14.6 Å². The van der Waals surface area contributed by atoms with Gasteiger partial charge in [-0.05, 0) is 18.6 Å². The minimum absolute atomic E-state index is 0.0373. The van der Waals surface area contributed by atoms with E-state index in [4.69, 9.17) is 21.4 Å². The van der Waals surface area contributed by atoms with Crippen molar-refractivity contribution in [2.24, 2.45) is 0 Å². The number of hydrogen-bond acceptors (Lipinski definition) is 4. The van der Waals surface area contributed by atoms with Crippen LogP contribution in [-0.4, -0.2) is 40.1 Å². The van der Waals surface area contributed by atoms with Crippen molar-refractivity contribution in [1.29, 1.82) is 0 Å². The Labute approximate surface area is 132 Å². The Hall–Kier alpha value is -1.24. The number of benzene rings is 1. The number of halogens is 1. The summed E-state index contributed by atoms with van der Waals surface area (Å²) in [5.41, 5.74) is 1.60. The van der Waals surface area contributed by atoms with Gasteiger partial charge in [-0.2, -0.15) is 0 Å². The first kappa shape index (κ1) is 16.1. The normalized spacial score (nSPS) is 12.7. The zero-order valence-electron chi connectivity index (χ0n) is 11.9. The first-order chi connectivity index (χ1) is 10.1. The maximum atomic E-state index is 10.8. The Kier molecular flexibility index (Phi) is 5.50. The Bertz CT molecular complexity index is 644. The van der Waals surface area contributed by atoms with Crippen LogP contribution in [0.25, 0.3) is 11.0 Å². The molecule has 0 saturated carbocycles. The molecule has 1 N–H and O–H groups in total. The van der Waals surface area contributed by atoms with Crippen molar-refractivity contribution in [1.82, 2.24) is 9.55 Å². The van der Waals surface area contributed by atoms with Crippen molar-refractivity contribution in [3.63, 3.8) is 0 Å². The molecule has 21 heavy (non-hydrogen) atoms. The van der Waals surface area contributed by atoms with Crippen LogP contribution in [-0.2, 0) is 9.53 Å². The van der Waals surface area contributed by atoms with Gasteiger partial charge in [-0.3, -0.25) is 4.79 Å². The van der Waals surface area contributed by atoms with Crippen molar-refractivity contribution in [3.8, 4) is 0 Å². The van der Waals surface area contributed by atoms with Gasteiger partial charge in [0.2, 0.25) is 0 Å². The molecule has 0 aliphatic heterocycles. The highest BCUT2D eigenvalue weighted by Gasteiger charge is 2.20. The summed E-state index contributed by atoms with van der Waals surface area (Å²) in [4.78, 5) is 15.3. The zero-order valence-corrected chi connectivity index (χ0v) is 13.4. The van der Waals surface area contributed by atoms with E-state index in [0.717, 1.165) is 11.9 Å². The van der Waals surface area contributed by atoms with E-state index in [1.165, 1.54) is 11.8 Å². The Morgan fingerprint density at radius 2 is 2.33 bits per heavy atom. The third kappa shape index (κ3) is 3.51. The number of hydrogen-bond donors (Lipinski definition) is 1. The molecule has 5 nitrogen and oxygen atoms in total. The topological polar surface area (TPSA) is 64.3 Å². The standard InChI is InChI=1S/C14H17ClN2O3S/c1-3-9(7-20-2)17-11-6-4-5-10(15)13(11)16-14(17)21-8-12(18)19/h4-6,9H,3,7-8H2,1-2H3,(H,18,19). The third-order valence-corrected chi connectivity index (χ3v) is 4.40. The summed E-state index contributed by atoms with van der Waals surface area (Å²) >= 11 is 7.39. The van der Waals surface area contributed by atoms with Crippen LogP contribution in [0.5, 0.6) is 0 Å². The molecule has 0 fully saturated rings. The van der Waals surface area contributed by atoms with E-state index in [2.05, 4.69) is 11.9 Å². The Morgan fingerprint density at radius 3 is 2.95 bits per heavy atom. The summed E-state index contributed by atoms with van der Waals surface area (Å²) in [5.74, 6) is -0.908. The molecular weight excluding hydrogens is 312 g/mol. The van der Waals surface area contributed by atoms with Crippen LogP contribution in [0.3, 0.4) is 0 Å². The molecule has 2 aromatic rings. The lowest BCUT2D eigenvalue weighted by Gasteiger charge is -2.19. The molecule has 0 radical (unpaired) electrons. The number of aromatic nitrogens is 2. The van der Waals surface area contributed by atoms with Crippen molar-refractivity contribution >= 4 is 40.4 Å². The lowest BCUT2D eigenvalue weighted by molar-refractivity contribution is -0.133. The van der Waals surface area contributed by atoms with Gasteiger partial charge in [0.05, 0.1) is 28.9 Å². The first-order valence-electron chi connectivity index (χ1n) is 6.58. The maximum absolute atomic E-state index is 10.8. The third-order valence-electron chi connectivity index (χ3n) is 3.16. The molecule has 1 heterocycles. The minimum atomic E-state index is -0.871. The number of carboxylic acid groups (broad SMARTS) is 1. The molecule has 1 aromatic carbocycles. The molecular formula is C14H17ClN2O3S. The predicted molar refractivity (Wildman–Crippen MR) is 84.3 cm³/mol. The van der Waals surface area contributed by atoms with Crippen LogP contribution in [0, 0.1) is 0 Å². The number of carbonyl (C=O) groups is 1. The molecule has 0 saturated heterocycles. The first-order valence-corrected chi connectivity index (χ1v) is 7.94. The van der Waals surface area contributed by atoms with Crippen LogP contribution in [0.2, 0.25) is 5.02 Å². The molecule has 0 spiro atoms. The minimum Gasteiger partial charge on any atom is -0.481 e. The van der Waals surface area contributed by atoms with Crippen LogP contribution in [0.1, 0.15) is 19.4 Å². The molecule has 0 aliphatic rings. The van der Waals surface area contributed by atoms with Gasteiger partial charge >= 0.3 is 5.97 Å². The highest BCUT2D eigenvalue weighted by atomic mass is 35.5.